The van der Waals surface area contributed by atoms with Crippen LogP contribution in [-0.2, 0) is 17.2 Å². The van der Waals surface area contributed by atoms with Crippen molar-refractivity contribution in [2.24, 2.45) is 0 Å². The van der Waals surface area contributed by atoms with Crippen LogP contribution in [0.2, 0.25) is 0 Å². The first kappa shape index (κ1) is 14.6. The van der Waals surface area contributed by atoms with Crippen LogP contribution in [0.1, 0.15) is 36.6 Å². The van der Waals surface area contributed by atoms with E-state index < -0.39 is 0 Å². The lowest BCUT2D eigenvalue weighted by Crippen LogP contribution is -2.26. The van der Waals surface area contributed by atoms with Crippen molar-refractivity contribution < 1.29 is 9.47 Å². The Morgan fingerprint density at radius 1 is 1.53 bits per heavy atom. The minimum atomic E-state index is -0.136. The maximum atomic E-state index is 5.86. The van der Waals surface area contributed by atoms with Crippen LogP contribution in [0, 0.1) is 6.92 Å². The first-order valence-corrected chi connectivity index (χ1v) is 6.11. The number of rotatable bonds is 3. The molecule has 1 aromatic rings. The van der Waals surface area contributed by atoms with Gasteiger partial charge in [0.05, 0.1) is 12.3 Å². The molecule has 96 valence electrons. The third-order valence-corrected chi connectivity index (χ3v) is 3.02. The highest BCUT2D eigenvalue weighted by atomic mass is 35.5. The van der Waals surface area contributed by atoms with Crippen molar-refractivity contribution in [3.63, 3.8) is 0 Å². The molecule has 0 N–H and O–H groups in total. The number of alkyl halides is 1. The molecule has 0 spiro atoms. The van der Waals surface area contributed by atoms with Crippen LogP contribution in [0.5, 0.6) is 5.75 Å². The lowest BCUT2D eigenvalue weighted by molar-refractivity contribution is -0.112. The molecule has 0 bridgehead atoms. The molecular formula is C12H17Cl2NO2. The summed E-state index contributed by atoms with van der Waals surface area (Å²) >= 11 is 5.86. The molecule has 0 amide bonds. The van der Waals surface area contributed by atoms with Gasteiger partial charge in [0.1, 0.15) is 5.75 Å². The predicted octanol–water partition coefficient (Wildman–Crippen LogP) is 3.59. The molecule has 1 aliphatic heterocycles. The van der Waals surface area contributed by atoms with E-state index in [0.29, 0.717) is 12.5 Å². The van der Waals surface area contributed by atoms with Gasteiger partial charge in [-0.15, -0.1) is 24.0 Å². The Morgan fingerprint density at radius 2 is 2.29 bits per heavy atom. The van der Waals surface area contributed by atoms with E-state index in [4.69, 9.17) is 21.1 Å². The number of pyridine rings is 1. The molecule has 5 heteroatoms. The van der Waals surface area contributed by atoms with Gasteiger partial charge in [0.25, 0.3) is 0 Å². The number of hydrogen-bond donors (Lipinski definition) is 0. The Kier molecular flexibility index (Phi) is 5.50. The summed E-state index contributed by atoms with van der Waals surface area (Å²) in [5.74, 6) is 1.31. The molecule has 0 aromatic carbocycles. The molecule has 0 fully saturated rings. The molecule has 0 aliphatic carbocycles. The van der Waals surface area contributed by atoms with Crippen LogP contribution < -0.4 is 4.74 Å². The molecular weight excluding hydrogens is 261 g/mol. The molecule has 2 heterocycles. The van der Waals surface area contributed by atoms with E-state index in [0.717, 1.165) is 35.4 Å². The fourth-order valence-corrected chi connectivity index (χ4v) is 2.06. The Morgan fingerprint density at radius 3 is 2.94 bits per heavy atom. The quantitative estimate of drug-likeness (QED) is 0.792. The van der Waals surface area contributed by atoms with E-state index in [-0.39, 0.29) is 18.7 Å². The lowest BCUT2D eigenvalue weighted by atomic mass is 10.1. The summed E-state index contributed by atoms with van der Waals surface area (Å²) in [6, 6.07) is 0. The highest BCUT2D eigenvalue weighted by Gasteiger charge is 2.23. The van der Waals surface area contributed by atoms with Crippen LogP contribution in [0.3, 0.4) is 0 Å². The summed E-state index contributed by atoms with van der Waals surface area (Å²) < 4.78 is 11.4. The molecule has 0 saturated heterocycles. The Balaban J connectivity index is 0.00000144. The van der Waals surface area contributed by atoms with Crippen molar-refractivity contribution in [1.82, 2.24) is 4.98 Å². The zero-order valence-corrected chi connectivity index (χ0v) is 11.6. The molecule has 17 heavy (non-hydrogen) atoms. The Labute approximate surface area is 113 Å². The van der Waals surface area contributed by atoms with Crippen LogP contribution >= 0.6 is 24.0 Å². The molecule has 0 saturated carbocycles. The normalized spacial score (nSPS) is 17.9. The maximum absolute atomic E-state index is 5.86. The largest absolute Gasteiger partial charge is 0.463 e. The molecule has 1 aliphatic rings. The minimum absolute atomic E-state index is 0. The fraction of sp³-hybridized carbons (Fsp3) is 0.583. The Hall–Kier alpha value is -0.510. The number of ether oxygens (including phenoxy) is 2. The van der Waals surface area contributed by atoms with Gasteiger partial charge in [-0.05, 0) is 12.5 Å². The van der Waals surface area contributed by atoms with E-state index >= 15 is 0 Å². The predicted molar refractivity (Wildman–Crippen MR) is 69.9 cm³/mol. The van der Waals surface area contributed by atoms with Gasteiger partial charge in [0.2, 0.25) is 0 Å². The maximum Gasteiger partial charge on any atom is 0.200 e. The zero-order chi connectivity index (χ0) is 11.5. The second-order valence-electron chi connectivity index (χ2n) is 3.96. The topological polar surface area (TPSA) is 31.4 Å². The second-order valence-corrected chi connectivity index (χ2v) is 4.22. The number of halogens is 2. The van der Waals surface area contributed by atoms with Crippen molar-refractivity contribution in [2.75, 3.05) is 0 Å². The average molecular weight is 278 g/mol. The standard InChI is InChI=1S/C12H16ClNO2.ClH/c1-3-4-11-15-7-10-9(5-13)6-14-8(2)12(10)16-11;/h6,11H,3-5,7H2,1-2H3;1H. The first-order chi connectivity index (χ1) is 7.76. The van der Waals surface area contributed by atoms with Gasteiger partial charge in [-0.3, -0.25) is 4.98 Å². The van der Waals surface area contributed by atoms with E-state index in [1.54, 1.807) is 6.20 Å². The van der Waals surface area contributed by atoms with E-state index in [9.17, 15) is 0 Å². The van der Waals surface area contributed by atoms with E-state index in [1.807, 2.05) is 6.92 Å². The van der Waals surface area contributed by atoms with Crippen molar-refractivity contribution in [2.45, 2.75) is 45.5 Å². The van der Waals surface area contributed by atoms with Gasteiger partial charge in [0, 0.05) is 24.1 Å². The number of nitrogens with zero attached hydrogens (tertiary/aromatic N) is 1. The molecule has 0 radical (unpaired) electrons. The minimum Gasteiger partial charge on any atom is -0.463 e. The molecule has 1 atom stereocenters. The van der Waals surface area contributed by atoms with Gasteiger partial charge in [0.15, 0.2) is 6.29 Å². The third-order valence-electron chi connectivity index (χ3n) is 2.74. The summed E-state index contributed by atoms with van der Waals surface area (Å²) in [4.78, 5) is 4.29. The van der Waals surface area contributed by atoms with Gasteiger partial charge < -0.3 is 9.47 Å². The van der Waals surface area contributed by atoms with E-state index in [2.05, 4.69) is 11.9 Å². The summed E-state index contributed by atoms with van der Waals surface area (Å²) in [6.07, 6.45) is 3.61. The number of fused-ring (bicyclic) bond motifs is 1. The van der Waals surface area contributed by atoms with Gasteiger partial charge in [-0.1, -0.05) is 13.3 Å². The average Bonchev–Trinajstić information content (AvgIpc) is 2.31. The molecule has 1 unspecified atom stereocenters. The number of aryl methyl sites for hydroxylation is 1. The van der Waals surface area contributed by atoms with E-state index in [1.165, 1.54) is 0 Å². The highest BCUT2D eigenvalue weighted by Crippen LogP contribution is 2.32. The van der Waals surface area contributed by atoms with Crippen molar-refractivity contribution in [1.29, 1.82) is 0 Å². The van der Waals surface area contributed by atoms with Crippen molar-refractivity contribution in [3.8, 4) is 5.75 Å². The van der Waals surface area contributed by atoms with Gasteiger partial charge in [-0.2, -0.15) is 0 Å². The second kappa shape index (κ2) is 6.43. The highest BCUT2D eigenvalue weighted by molar-refractivity contribution is 6.17. The summed E-state index contributed by atoms with van der Waals surface area (Å²) in [5, 5.41) is 0. The molecule has 2 rings (SSSR count). The van der Waals surface area contributed by atoms with Crippen molar-refractivity contribution >= 4 is 24.0 Å². The fourth-order valence-electron chi connectivity index (χ4n) is 1.82. The number of hydrogen-bond acceptors (Lipinski definition) is 3. The number of aromatic nitrogens is 1. The SMILES string of the molecule is CCCC1OCc2c(CCl)cnc(C)c2O1.Cl. The Bertz CT molecular complexity index is 385. The van der Waals surface area contributed by atoms with Crippen molar-refractivity contribution in [3.05, 3.63) is 23.0 Å². The van der Waals surface area contributed by atoms with Crippen LogP contribution in [0.15, 0.2) is 6.20 Å². The zero-order valence-electron chi connectivity index (χ0n) is 10.0. The van der Waals surface area contributed by atoms with Crippen LogP contribution in [-0.4, -0.2) is 11.3 Å². The summed E-state index contributed by atoms with van der Waals surface area (Å²) in [5.41, 5.74) is 2.96. The molecule has 1 aromatic heterocycles. The van der Waals surface area contributed by atoms with Crippen LogP contribution in [0.25, 0.3) is 0 Å². The first-order valence-electron chi connectivity index (χ1n) is 5.57. The van der Waals surface area contributed by atoms with Gasteiger partial charge in [-0.25, -0.2) is 0 Å². The summed E-state index contributed by atoms with van der Waals surface area (Å²) in [7, 11) is 0. The van der Waals surface area contributed by atoms with Gasteiger partial charge >= 0.3 is 0 Å². The summed E-state index contributed by atoms with van der Waals surface area (Å²) in [6.45, 7) is 4.64. The monoisotopic (exact) mass is 277 g/mol. The smallest absolute Gasteiger partial charge is 0.200 e. The molecule has 3 nitrogen and oxygen atoms in total. The lowest BCUT2D eigenvalue weighted by Gasteiger charge is -2.28. The third kappa shape index (κ3) is 3.03. The van der Waals surface area contributed by atoms with Crippen LogP contribution in [0.4, 0.5) is 0 Å².